The van der Waals surface area contributed by atoms with Crippen molar-refractivity contribution in [2.24, 2.45) is 11.8 Å². The number of rotatable bonds is 5. The van der Waals surface area contributed by atoms with E-state index in [9.17, 15) is 18.0 Å². The lowest BCUT2D eigenvalue weighted by molar-refractivity contribution is -0.149. The third kappa shape index (κ3) is 3.92. The van der Waals surface area contributed by atoms with Gasteiger partial charge in [0.05, 0.1) is 5.92 Å². The van der Waals surface area contributed by atoms with Crippen molar-refractivity contribution < 1.29 is 23.1 Å². The molecule has 1 saturated heterocycles. The molecule has 2 atom stereocenters. The highest BCUT2D eigenvalue weighted by molar-refractivity contribution is 7.86. The highest BCUT2D eigenvalue weighted by atomic mass is 32.2. The lowest BCUT2D eigenvalue weighted by Gasteiger charge is -2.36. The van der Waals surface area contributed by atoms with Crippen LogP contribution in [0.2, 0.25) is 0 Å². The van der Waals surface area contributed by atoms with E-state index in [0.717, 1.165) is 4.31 Å². The molecule has 1 aliphatic heterocycles. The molecule has 1 N–H and O–H groups in total. The second-order valence-corrected chi connectivity index (χ2v) is 7.57. The zero-order valence-electron chi connectivity index (χ0n) is 12.8. The summed E-state index contributed by atoms with van der Waals surface area (Å²) < 4.78 is 26.4. The van der Waals surface area contributed by atoms with Gasteiger partial charge in [-0.25, -0.2) is 0 Å². The molecule has 0 spiro atoms. The summed E-state index contributed by atoms with van der Waals surface area (Å²) in [4.78, 5) is 24.7. The van der Waals surface area contributed by atoms with E-state index in [4.69, 9.17) is 5.11 Å². The summed E-state index contributed by atoms with van der Waals surface area (Å²) in [5.74, 6) is -2.64. The number of aliphatic carboxylic acids is 1. The first-order chi connectivity index (χ1) is 9.59. The zero-order chi connectivity index (χ0) is 16.4. The number of amides is 1. The van der Waals surface area contributed by atoms with Crippen molar-refractivity contribution in [3.8, 4) is 0 Å². The molecule has 0 aromatic rings. The van der Waals surface area contributed by atoms with Crippen LogP contribution in [0, 0.1) is 11.8 Å². The van der Waals surface area contributed by atoms with E-state index in [1.807, 2.05) is 0 Å². The van der Waals surface area contributed by atoms with Gasteiger partial charge in [0.2, 0.25) is 5.91 Å². The van der Waals surface area contributed by atoms with Crippen LogP contribution in [-0.4, -0.2) is 79.2 Å². The van der Waals surface area contributed by atoms with E-state index in [1.165, 1.54) is 30.2 Å². The first-order valence-corrected chi connectivity index (χ1v) is 8.18. The summed E-state index contributed by atoms with van der Waals surface area (Å²) in [6.45, 7) is 4.09. The van der Waals surface area contributed by atoms with Gasteiger partial charge in [0.15, 0.2) is 0 Å². The molecule has 0 radical (unpaired) electrons. The first kappa shape index (κ1) is 17.9. The predicted octanol–water partition coefficient (Wildman–Crippen LogP) is -0.706. The molecule has 0 aromatic heterocycles. The SMILES string of the molecule is CC(C(=O)O)C(C)C(=O)N1CCN(S(=O)(=O)N(C)C)CC1. The van der Waals surface area contributed by atoms with Gasteiger partial charge in [0.25, 0.3) is 10.2 Å². The number of carboxylic acids is 1. The van der Waals surface area contributed by atoms with E-state index in [0.29, 0.717) is 0 Å². The number of nitrogens with zero attached hydrogens (tertiary/aromatic N) is 3. The van der Waals surface area contributed by atoms with E-state index in [2.05, 4.69) is 0 Å². The topological polar surface area (TPSA) is 98.2 Å². The molecule has 0 aromatic carbocycles. The van der Waals surface area contributed by atoms with Crippen LogP contribution in [0.25, 0.3) is 0 Å². The molecule has 1 rings (SSSR count). The number of piperazine rings is 1. The summed E-state index contributed by atoms with van der Waals surface area (Å²) in [5, 5.41) is 8.95. The average molecular weight is 321 g/mol. The van der Waals surface area contributed by atoms with Crippen LogP contribution in [0.1, 0.15) is 13.8 Å². The van der Waals surface area contributed by atoms with Crippen LogP contribution in [0.15, 0.2) is 0 Å². The number of hydrogen-bond donors (Lipinski definition) is 1. The Hall–Kier alpha value is -1.19. The fourth-order valence-corrected chi connectivity index (χ4v) is 3.17. The minimum absolute atomic E-state index is 0.223. The Morgan fingerprint density at radius 3 is 1.90 bits per heavy atom. The van der Waals surface area contributed by atoms with Crippen molar-refractivity contribution in [1.29, 1.82) is 0 Å². The van der Waals surface area contributed by atoms with Crippen molar-refractivity contribution in [2.45, 2.75) is 13.8 Å². The first-order valence-electron chi connectivity index (χ1n) is 6.78. The molecular formula is C12H23N3O5S. The van der Waals surface area contributed by atoms with Gasteiger partial charge < -0.3 is 10.0 Å². The number of carboxylic acid groups (broad SMARTS) is 1. The standard InChI is InChI=1S/C12H23N3O5S/c1-9(10(2)12(17)18)11(16)14-5-7-15(8-6-14)21(19,20)13(3)4/h9-10H,5-8H2,1-4H3,(H,17,18). The lowest BCUT2D eigenvalue weighted by atomic mass is 9.94. The second kappa shape index (κ2) is 6.71. The number of carbonyl (C=O) groups excluding carboxylic acids is 1. The molecule has 9 heteroatoms. The number of carbonyl (C=O) groups is 2. The maximum atomic E-state index is 12.2. The van der Waals surface area contributed by atoms with E-state index in [1.54, 1.807) is 6.92 Å². The molecule has 8 nitrogen and oxygen atoms in total. The Kier molecular flexibility index (Phi) is 5.71. The molecule has 21 heavy (non-hydrogen) atoms. The van der Waals surface area contributed by atoms with Gasteiger partial charge in [-0.1, -0.05) is 13.8 Å². The minimum atomic E-state index is -3.46. The molecule has 1 fully saturated rings. The average Bonchev–Trinajstić information content (AvgIpc) is 2.44. The van der Waals surface area contributed by atoms with Crippen LogP contribution in [0.5, 0.6) is 0 Å². The Balaban J connectivity index is 2.65. The predicted molar refractivity (Wildman–Crippen MR) is 76.7 cm³/mol. The van der Waals surface area contributed by atoms with Gasteiger partial charge in [-0.2, -0.15) is 17.0 Å². The van der Waals surface area contributed by atoms with Crippen molar-refractivity contribution in [2.75, 3.05) is 40.3 Å². The molecular weight excluding hydrogens is 298 g/mol. The van der Waals surface area contributed by atoms with Crippen LogP contribution in [0.4, 0.5) is 0 Å². The third-order valence-corrected chi connectivity index (χ3v) is 5.81. The Morgan fingerprint density at radius 2 is 1.52 bits per heavy atom. The highest BCUT2D eigenvalue weighted by Gasteiger charge is 2.34. The molecule has 2 unspecified atom stereocenters. The maximum Gasteiger partial charge on any atom is 0.307 e. The molecule has 1 amide bonds. The minimum Gasteiger partial charge on any atom is -0.481 e. The van der Waals surface area contributed by atoms with Gasteiger partial charge in [-0.3, -0.25) is 9.59 Å². The second-order valence-electron chi connectivity index (χ2n) is 5.43. The van der Waals surface area contributed by atoms with E-state index >= 15 is 0 Å². The molecule has 1 aliphatic rings. The largest absolute Gasteiger partial charge is 0.481 e. The summed E-state index contributed by atoms with van der Waals surface area (Å²) in [7, 11) is -0.541. The molecule has 1 heterocycles. The van der Waals surface area contributed by atoms with Crippen LogP contribution < -0.4 is 0 Å². The van der Waals surface area contributed by atoms with Crippen molar-refractivity contribution >= 4 is 22.1 Å². The Bertz CT molecular complexity index is 497. The summed E-state index contributed by atoms with van der Waals surface area (Å²) in [6, 6.07) is 0. The van der Waals surface area contributed by atoms with Crippen LogP contribution in [0.3, 0.4) is 0 Å². The van der Waals surface area contributed by atoms with Gasteiger partial charge >= 0.3 is 5.97 Å². The number of hydrogen-bond acceptors (Lipinski definition) is 4. The van der Waals surface area contributed by atoms with Gasteiger partial charge in [-0.05, 0) is 0 Å². The van der Waals surface area contributed by atoms with Gasteiger partial charge in [-0.15, -0.1) is 0 Å². The molecule has 122 valence electrons. The molecule has 0 bridgehead atoms. The van der Waals surface area contributed by atoms with E-state index < -0.39 is 28.0 Å². The molecule has 0 aliphatic carbocycles. The van der Waals surface area contributed by atoms with Crippen LogP contribution in [-0.2, 0) is 19.8 Å². The summed E-state index contributed by atoms with van der Waals surface area (Å²) >= 11 is 0. The third-order valence-electron chi connectivity index (χ3n) is 3.87. The Labute approximate surface area is 125 Å². The van der Waals surface area contributed by atoms with Gasteiger partial charge in [0, 0.05) is 46.2 Å². The summed E-state index contributed by atoms with van der Waals surface area (Å²) in [5.41, 5.74) is 0. The normalized spacial score (nSPS) is 20.3. The monoisotopic (exact) mass is 321 g/mol. The fraction of sp³-hybridized carbons (Fsp3) is 0.833. The van der Waals surface area contributed by atoms with Crippen LogP contribution >= 0.6 is 0 Å². The van der Waals surface area contributed by atoms with Crippen molar-refractivity contribution in [3.63, 3.8) is 0 Å². The zero-order valence-corrected chi connectivity index (χ0v) is 13.6. The van der Waals surface area contributed by atoms with Crippen molar-refractivity contribution in [1.82, 2.24) is 13.5 Å². The molecule has 0 saturated carbocycles. The van der Waals surface area contributed by atoms with Gasteiger partial charge in [0.1, 0.15) is 0 Å². The summed E-state index contributed by atoms with van der Waals surface area (Å²) in [6.07, 6.45) is 0. The van der Waals surface area contributed by atoms with Crippen molar-refractivity contribution in [3.05, 3.63) is 0 Å². The maximum absolute atomic E-state index is 12.2. The lowest BCUT2D eigenvalue weighted by Crippen LogP contribution is -2.54. The highest BCUT2D eigenvalue weighted by Crippen LogP contribution is 2.17. The fourth-order valence-electron chi connectivity index (χ4n) is 2.09. The van der Waals surface area contributed by atoms with E-state index in [-0.39, 0.29) is 32.1 Å². The smallest absolute Gasteiger partial charge is 0.307 e. The Morgan fingerprint density at radius 1 is 1.05 bits per heavy atom. The quantitative estimate of drug-likeness (QED) is 0.721.